The molecule has 1 N–H and O–H groups in total. The van der Waals surface area contributed by atoms with Crippen molar-refractivity contribution in [3.63, 3.8) is 0 Å². The van der Waals surface area contributed by atoms with E-state index in [0.717, 1.165) is 26.1 Å². The van der Waals surface area contributed by atoms with Gasteiger partial charge in [-0.05, 0) is 31.0 Å². The van der Waals surface area contributed by atoms with Gasteiger partial charge < -0.3 is 10.1 Å². The first-order valence-electron chi connectivity index (χ1n) is 6.14. The predicted octanol–water partition coefficient (Wildman–Crippen LogP) is 2.16. The second kappa shape index (κ2) is 5.97. The van der Waals surface area contributed by atoms with Gasteiger partial charge in [-0.2, -0.15) is 0 Å². The summed E-state index contributed by atoms with van der Waals surface area (Å²) in [7, 11) is 0. The van der Waals surface area contributed by atoms with Crippen LogP contribution in [0, 0.1) is 5.92 Å². The Bertz CT molecular complexity index is 302. The van der Waals surface area contributed by atoms with Gasteiger partial charge in [0.25, 0.3) is 0 Å². The Morgan fingerprint density at radius 1 is 1.56 bits per heavy atom. The van der Waals surface area contributed by atoms with E-state index in [0.29, 0.717) is 5.92 Å². The molecule has 1 aliphatic heterocycles. The smallest absolute Gasteiger partial charge is 0.0880 e. The fraction of sp³-hybridized carbons (Fsp3) is 0.615. The van der Waals surface area contributed by atoms with Crippen LogP contribution in [0.3, 0.4) is 0 Å². The molecule has 0 aliphatic carbocycles. The highest BCUT2D eigenvalue weighted by atomic mass is 16.5. The summed E-state index contributed by atoms with van der Waals surface area (Å²) < 4.78 is 5.80. The number of ether oxygens (including phenoxy) is 1. The molecule has 16 heavy (non-hydrogen) atoms. The Morgan fingerprint density at radius 3 is 3.25 bits per heavy atom. The van der Waals surface area contributed by atoms with Gasteiger partial charge in [0.1, 0.15) is 0 Å². The summed E-state index contributed by atoms with van der Waals surface area (Å²) in [6, 6.07) is 4.09. The number of nitrogens with one attached hydrogen (secondary N) is 1. The third-order valence-corrected chi connectivity index (χ3v) is 3.06. The summed E-state index contributed by atoms with van der Waals surface area (Å²) >= 11 is 0. The van der Waals surface area contributed by atoms with Crippen LogP contribution >= 0.6 is 0 Å². The molecule has 1 aromatic rings. The molecule has 0 radical (unpaired) electrons. The van der Waals surface area contributed by atoms with Crippen LogP contribution in [-0.4, -0.2) is 24.7 Å². The Labute approximate surface area is 97.2 Å². The first-order valence-corrected chi connectivity index (χ1v) is 6.14. The van der Waals surface area contributed by atoms with Gasteiger partial charge in [-0.15, -0.1) is 0 Å². The van der Waals surface area contributed by atoms with Gasteiger partial charge in [0, 0.05) is 31.5 Å². The van der Waals surface area contributed by atoms with Crippen LogP contribution in [0.1, 0.15) is 31.4 Å². The minimum absolute atomic E-state index is 0.234. The summed E-state index contributed by atoms with van der Waals surface area (Å²) in [5.74, 6) is 0.593. The molecule has 0 bridgehead atoms. The van der Waals surface area contributed by atoms with Crippen LogP contribution in [0.15, 0.2) is 24.5 Å². The highest BCUT2D eigenvalue weighted by Gasteiger charge is 2.29. The molecule has 2 heterocycles. The molecule has 1 aromatic heterocycles. The average Bonchev–Trinajstić information content (AvgIpc) is 2.79. The van der Waals surface area contributed by atoms with Crippen LogP contribution < -0.4 is 5.32 Å². The lowest BCUT2D eigenvalue weighted by Gasteiger charge is -2.18. The van der Waals surface area contributed by atoms with Crippen molar-refractivity contribution in [2.45, 2.75) is 25.9 Å². The molecule has 1 fully saturated rings. The largest absolute Gasteiger partial charge is 0.373 e. The van der Waals surface area contributed by atoms with E-state index in [2.05, 4.69) is 23.3 Å². The first-order chi connectivity index (χ1) is 7.92. The highest BCUT2D eigenvalue weighted by Crippen LogP contribution is 2.33. The number of pyridine rings is 1. The van der Waals surface area contributed by atoms with Crippen LogP contribution in [0.25, 0.3) is 0 Å². The molecule has 88 valence electrons. The Morgan fingerprint density at radius 2 is 2.50 bits per heavy atom. The fourth-order valence-electron chi connectivity index (χ4n) is 2.22. The van der Waals surface area contributed by atoms with E-state index in [9.17, 15) is 0 Å². The molecule has 2 atom stereocenters. The molecular formula is C13H20N2O. The SMILES string of the molecule is CCCNCC1CCOC1c1cccnc1. The minimum atomic E-state index is 0.234. The van der Waals surface area contributed by atoms with Crippen molar-refractivity contribution in [1.82, 2.24) is 10.3 Å². The van der Waals surface area contributed by atoms with E-state index in [1.54, 1.807) is 0 Å². The van der Waals surface area contributed by atoms with E-state index in [-0.39, 0.29) is 6.10 Å². The van der Waals surface area contributed by atoms with Gasteiger partial charge in [0.2, 0.25) is 0 Å². The standard InChI is InChI=1S/C13H20N2O/c1-2-6-14-10-12-5-8-16-13(12)11-4-3-7-15-9-11/h3-4,7,9,12-14H,2,5-6,8,10H2,1H3. The maximum Gasteiger partial charge on any atom is 0.0880 e. The second-order valence-corrected chi connectivity index (χ2v) is 4.33. The van der Waals surface area contributed by atoms with Crippen LogP contribution in [0.2, 0.25) is 0 Å². The van der Waals surface area contributed by atoms with E-state index in [1.807, 2.05) is 18.5 Å². The number of aromatic nitrogens is 1. The van der Waals surface area contributed by atoms with E-state index in [1.165, 1.54) is 12.0 Å². The topological polar surface area (TPSA) is 34.1 Å². The van der Waals surface area contributed by atoms with Crippen LogP contribution in [-0.2, 0) is 4.74 Å². The van der Waals surface area contributed by atoms with E-state index >= 15 is 0 Å². The number of rotatable bonds is 5. The maximum atomic E-state index is 5.80. The van der Waals surface area contributed by atoms with Crippen molar-refractivity contribution in [3.05, 3.63) is 30.1 Å². The van der Waals surface area contributed by atoms with E-state index < -0.39 is 0 Å². The van der Waals surface area contributed by atoms with Gasteiger partial charge in [0.05, 0.1) is 6.10 Å². The summed E-state index contributed by atoms with van der Waals surface area (Å²) in [6.07, 6.45) is 6.30. The first kappa shape index (κ1) is 11.6. The zero-order valence-corrected chi connectivity index (χ0v) is 9.86. The van der Waals surface area contributed by atoms with Gasteiger partial charge in [-0.1, -0.05) is 13.0 Å². The summed E-state index contributed by atoms with van der Waals surface area (Å²) in [4.78, 5) is 4.16. The van der Waals surface area contributed by atoms with Crippen molar-refractivity contribution in [2.24, 2.45) is 5.92 Å². The lowest BCUT2D eigenvalue weighted by atomic mass is 9.96. The van der Waals surface area contributed by atoms with Crippen molar-refractivity contribution >= 4 is 0 Å². The summed E-state index contributed by atoms with van der Waals surface area (Å²) in [5.41, 5.74) is 1.21. The molecular weight excluding hydrogens is 200 g/mol. The van der Waals surface area contributed by atoms with Crippen LogP contribution in [0.4, 0.5) is 0 Å². The lowest BCUT2D eigenvalue weighted by Crippen LogP contribution is -2.25. The molecule has 0 saturated carbocycles. The predicted molar refractivity (Wildman–Crippen MR) is 64.2 cm³/mol. The van der Waals surface area contributed by atoms with Crippen molar-refractivity contribution in [1.29, 1.82) is 0 Å². The molecule has 3 nitrogen and oxygen atoms in total. The molecule has 2 unspecified atom stereocenters. The quantitative estimate of drug-likeness (QED) is 0.772. The monoisotopic (exact) mass is 220 g/mol. The van der Waals surface area contributed by atoms with Crippen LogP contribution in [0.5, 0.6) is 0 Å². The molecule has 0 amide bonds. The Balaban J connectivity index is 1.93. The maximum absolute atomic E-state index is 5.80. The van der Waals surface area contributed by atoms with Gasteiger partial charge in [-0.25, -0.2) is 0 Å². The summed E-state index contributed by atoms with van der Waals surface area (Å²) in [5, 5.41) is 3.48. The Hall–Kier alpha value is -0.930. The third kappa shape index (κ3) is 2.80. The molecule has 0 spiro atoms. The molecule has 3 heteroatoms. The molecule has 1 saturated heterocycles. The number of nitrogens with zero attached hydrogens (tertiary/aromatic N) is 1. The van der Waals surface area contributed by atoms with Gasteiger partial charge >= 0.3 is 0 Å². The fourth-order valence-corrected chi connectivity index (χ4v) is 2.22. The highest BCUT2D eigenvalue weighted by molar-refractivity contribution is 5.14. The molecule has 2 rings (SSSR count). The van der Waals surface area contributed by atoms with Crippen molar-refractivity contribution in [2.75, 3.05) is 19.7 Å². The molecule has 1 aliphatic rings. The van der Waals surface area contributed by atoms with E-state index in [4.69, 9.17) is 4.74 Å². The number of hydrogen-bond acceptors (Lipinski definition) is 3. The lowest BCUT2D eigenvalue weighted by molar-refractivity contribution is 0.0903. The zero-order chi connectivity index (χ0) is 11.2. The Kier molecular flexibility index (Phi) is 4.31. The zero-order valence-electron chi connectivity index (χ0n) is 9.86. The summed E-state index contributed by atoms with van der Waals surface area (Å²) in [6.45, 7) is 5.21. The van der Waals surface area contributed by atoms with Crippen molar-refractivity contribution in [3.8, 4) is 0 Å². The second-order valence-electron chi connectivity index (χ2n) is 4.33. The third-order valence-electron chi connectivity index (χ3n) is 3.06. The van der Waals surface area contributed by atoms with Crippen molar-refractivity contribution < 1.29 is 4.74 Å². The van der Waals surface area contributed by atoms with Gasteiger partial charge in [0.15, 0.2) is 0 Å². The minimum Gasteiger partial charge on any atom is -0.373 e. The number of hydrogen-bond donors (Lipinski definition) is 1. The average molecular weight is 220 g/mol. The normalized spacial score (nSPS) is 24.8. The van der Waals surface area contributed by atoms with Gasteiger partial charge in [-0.3, -0.25) is 4.98 Å². The molecule has 0 aromatic carbocycles.